The normalized spacial score (nSPS) is 20.2. The lowest BCUT2D eigenvalue weighted by molar-refractivity contribution is 0.0558. The number of nitrogens with zero attached hydrogens (tertiary/aromatic N) is 1. The molecule has 5 heteroatoms. The molecule has 4 nitrogen and oxygen atoms in total. The number of piperidine rings is 1. The summed E-state index contributed by atoms with van der Waals surface area (Å²) in [6.45, 7) is 3.16. The van der Waals surface area contributed by atoms with E-state index < -0.39 is 0 Å². The molecule has 0 radical (unpaired) electrons. The van der Waals surface area contributed by atoms with E-state index in [1.54, 1.807) is 30.0 Å². The minimum atomic E-state index is -0.373. The topological polar surface area (TPSA) is 38.8 Å². The molecule has 2 aromatic rings. The van der Waals surface area contributed by atoms with Gasteiger partial charge in [0.15, 0.2) is 11.6 Å². The number of hydrogen-bond acceptors (Lipinski definition) is 3. The molecule has 0 N–H and O–H groups in total. The number of halogens is 1. The Hall–Kier alpha value is -2.56. The molecule has 25 heavy (non-hydrogen) atoms. The van der Waals surface area contributed by atoms with Crippen LogP contribution in [0.3, 0.4) is 0 Å². The molecule has 1 fully saturated rings. The molecular weight excluding hydrogens is 321 g/mol. The molecule has 0 spiro atoms. The van der Waals surface area contributed by atoms with Gasteiger partial charge < -0.3 is 14.4 Å². The van der Waals surface area contributed by atoms with E-state index in [-0.39, 0.29) is 29.7 Å². The van der Waals surface area contributed by atoms with Crippen LogP contribution in [0.5, 0.6) is 5.75 Å². The van der Waals surface area contributed by atoms with E-state index in [0.717, 1.165) is 5.56 Å². The van der Waals surface area contributed by atoms with Crippen molar-refractivity contribution in [3.63, 3.8) is 0 Å². The largest absolute Gasteiger partial charge is 0.487 e. The third kappa shape index (κ3) is 4.10. The average Bonchev–Trinajstić information content (AvgIpc) is 2.65. The van der Waals surface area contributed by atoms with Crippen molar-refractivity contribution in [3.05, 3.63) is 66.0 Å². The van der Waals surface area contributed by atoms with Crippen LogP contribution in [-0.4, -0.2) is 36.8 Å². The van der Waals surface area contributed by atoms with Crippen molar-refractivity contribution in [2.24, 2.45) is 0 Å². The first kappa shape index (κ1) is 17.3. The van der Waals surface area contributed by atoms with Crippen LogP contribution in [0.15, 0.2) is 54.6 Å². The molecule has 2 unspecified atom stereocenters. The standard InChI is InChI=1S/C20H22FNO3/c1-2-24-20(23)22-13-12-18(25-19-11-7-6-10-17(19)21)16(14-22)15-8-4-3-5-9-15/h3-11,16,18H,2,12-14H2,1H3. The first-order valence-electron chi connectivity index (χ1n) is 8.57. The third-order valence-corrected chi connectivity index (χ3v) is 4.42. The van der Waals surface area contributed by atoms with E-state index in [1.165, 1.54) is 6.07 Å². The number of carbonyl (C=O) groups is 1. The summed E-state index contributed by atoms with van der Waals surface area (Å²) in [4.78, 5) is 13.8. The molecule has 132 valence electrons. The van der Waals surface area contributed by atoms with Crippen molar-refractivity contribution in [2.75, 3.05) is 19.7 Å². The van der Waals surface area contributed by atoms with Crippen LogP contribution in [0, 0.1) is 5.82 Å². The summed E-state index contributed by atoms with van der Waals surface area (Å²) >= 11 is 0. The van der Waals surface area contributed by atoms with Gasteiger partial charge in [-0.1, -0.05) is 42.5 Å². The molecule has 3 rings (SSSR count). The van der Waals surface area contributed by atoms with Gasteiger partial charge in [0.05, 0.1) is 6.61 Å². The van der Waals surface area contributed by atoms with Gasteiger partial charge in [0.25, 0.3) is 0 Å². The molecule has 0 aliphatic carbocycles. The van der Waals surface area contributed by atoms with Crippen molar-refractivity contribution >= 4 is 6.09 Å². The van der Waals surface area contributed by atoms with Crippen LogP contribution in [0.25, 0.3) is 0 Å². The van der Waals surface area contributed by atoms with Crippen LogP contribution in [0.4, 0.5) is 9.18 Å². The highest BCUT2D eigenvalue weighted by atomic mass is 19.1. The molecule has 1 amide bonds. The fourth-order valence-electron chi connectivity index (χ4n) is 3.18. The zero-order chi connectivity index (χ0) is 17.6. The predicted molar refractivity (Wildman–Crippen MR) is 93.2 cm³/mol. The Morgan fingerprint density at radius 3 is 2.60 bits per heavy atom. The Kier molecular flexibility index (Phi) is 5.53. The van der Waals surface area contributed by atoms with Crippen molar-refractivity contribution in [2.45, 2.75) is 25.4 Å². The quantitative estimate of drug-likeness (QED) is 0.834. The lowest BCUT2D eigenvalue weighted by atomic mass is 9.88. The predicted octanol–water partition coefficient (Wildman–Crippen LogP) is 4.22. The number of benzene rings is 2. The van der Waals surface area contributed by atoms with Gasteiger partial charge in [0.2, 0.25) is 0 Å². The summed E-state index contributed by atoms with van der Waals surface area (Å²) in [6.07, 6.45) is 0.102. The molecule has 2 aromatic carbocycles. The minimum Gasteiger partial charge on any atom is -0.487 e. The third-order valence-electron chi connectivity index (χ3n) is 4.42. The smallest absolute Gasteiger partial charge is 0.409 e. The molecular formula is C20H22FNO3. The molecule has 0 aromatic heterocycles. The molecule has 1 aliphatic rings. The Morgan fingerprint density at radius 1 is 1.16 bits per heavy atom. The summed E-state index contributed by atoms with van der Waals surface area (Å²) in [5.41, 5.74) is 1.07. The van der Waals surface area contributed by atoms with Gasteiger partial charge >= 0.3 is 6.09 Å². The highest BCUT2D eigenvalue weighted by Crippen LogP contribution is 2.32. The number of amides is 1. The molecule has 1 heterocycles. The highest BCUT2D eigenvalue weighted by Gasteiger charge is 2.34. The lowest BCUT2D eigenvalue weighted by Crippen LogP contribution is -2.47. The second kappa shape index (κ2) is 8.01. The lowest BCUT2D eigenvalue weighted by Gasteiger charge is -2.38. The van der Waals surface area contributed by atoms with Gasteiger partial charge in [-0.15, -0.1) is 0 Å². The van der Waals surface area contributed by atoms with Crippen LogP contribution in [0.2, 0.25) is 0 Å². The molecule has 1 aliphatic heterocycles. The van der Waals surface area contributed by atoms with Gasteiger partial charge in [-0.25, -0.2) is 9.18 Å². The number of rotatable bonds is 4. The van der Waals surface area contributed by atoms with Crippen molar-refractivity contribution in [1.29, 1.82) is 0 Å². The maximum atomic E-state index is 14.0. The molecule has 0 saturated carbocycles. The molecule has 1 saturated heterocycles. The Morgan fingerprint density at radius 2 is 1.88 bits per heavy atom. The van der Waals surface area contributed by atoms with E-state index >= 15 is 0 Å². The van der Waals surface area contributed by atoms with Crippen LogP contribution >= 0.6 is 0 Å². The van der Waals surface area contributed by atoms with E-state index in [1.807, 2.05) is 30.3 Å². The maximum absolute atomic E-state index is 14.0. The molecule has 0 bridgehead atoms. The first-order valence-corrected chi connectivity index (χ1v) is 8.57. The zero-order valence-corrected chi connectivity index (χ0v) is 14.2. The average molecular weight is 343 g/mol. The van der Waals surface area contributed by atoms with Crippen molar-refractivity contribution in [3.8, 4) is 5.75 Å². The SMILES string of the molecule is CCOC(=O)N1CCC(Oc2ccccc2F)C(c2ccccc2)C1. The fourth-order valence-corrected chi connectivity index (χ4v) is 3.18. The monoisotopic (exact) mass is 343 g/mol. The Labute approximate surface area is 147 Å². The molecule has 2 atom stereocenters. The van der Waals surface area contributed by atoms with Crippen LogP contribution < -0.4 is 4.74 Å². The highest BCUT2D eigenvalue weighted by molar-refractivity contribution is 5.67. The van der Waals surface area contributed by atoms with Crippen LogP contribution in [-0.2, 0) is 4.74 Å². The second-order valence-corrected chi connectivity index (χ2v) is 6.04. The number of likely N-dealkylation sites (tertiary alicyclic amines) is 1. The van der Waals surface area contributed by atoms with Gasteiger partial charge in [-0.3, -0.25) is 0 Å². The van der Waals surface area contributed by atoms with E-state index in [4.69, 9.17) is 9.47 Å². The number of ether oxygens (including phenoxy) is 2. The van der Waals surface area contributed by atoms with E-state index in [0.29, 0.717) is 26.1 Å². The Bertz CT molecular complexity index is 707. The van der Waals surface area contributed by atoms with E-state index in [2.05, 4.69) is 0 Å². The summed E-state index contributed by atoms with van der Waals surface area (Å²) in [6, 6.07) is 16.3. The summed E-state index contributed by atoms with van der Waals surface area (Å²) in [5, 5.41) is 0. The second-order valence-electron chi connectivity index (χ2n) is 6.04. The zero-order valence-electron chi connectivity index (χ0n) is 14.2. The van der Waals surface area contributed by atoms with Crippen LogP contribution in [0.1, 0.15) is 24.8 Å². The van der Waals surface area contributed by atoms with E-state index in [9.17, 15) is 9.18 Å². The Balaban J connectivity index is 1.81. The van der Waals surface area contributed by atoms with Crippen molar-refractivity contribution < 1.29 is 18.7 Å². The summed E-state index contributed by atoms with van der Waals surface area (Å²) in [5.74, 6) is -0.167. The van der Waals surface area contributed by atoms with Gasteiger partial charge in [-0.2, -0.15) is 0 Å². The van der Waals surface area contributed by atoms with Crippen molar-refractivity contribution in [1.82, 2.24) is 4.90 Å². The number of para-hydroxylation sites is 1. The fraction of sp³-hybridized carbons (Fsp3) is 0.350. The van der Waals surface area contributed by atoms with Gasteiger partial charge in [-0.05, 0) is 24.6 Å². The number of carbonyl (C=O) groups excluding carboxylic acids is 1. The van der Waals surface area contributed by atoms with Gasteiger partial charge in [0.1, 0.15) is 6.10 Å². The van der Waals surface area contributed by atoms with Gasteiger partial charge in [0, 0.05) is 25.4 Å². The summed E-state index contributed by atoms with van der Waals surface area (Å²) in [7, 11) is 0. The first-order chi connectivity index (χ1) is 12.2. The maximum Gasteiger partial charge on any atom is 0.409 e. The summed E-state index contributed by atoms with van der Waals surface area (Å²) < 4.78 is 25.1. The minimum absolute atomic E-state index is 0.0426. The number of hydrogen-bond donors (Lipinski definition) is 0.